The fraction of sp³-hybridized carbons (Fsp3) is 0.909. The van der Waals surface area contributed by atoms with Crippen LogP contribution in [0.3, 0.4) is 0 Å². The summed E-state index contributed by atoms with van der Waals surface area (Å²) in [4.78, 5) is 32.0. The number of phosphoric ester groups is 1. The second-order valence-electron chi connectivity index (χ2n) is 15.6. The molecule has 44 heavy (non-hydrogen) atoms. The number of carbonyl (C=O) groups is 1. The first kappa shape index (κ1) is 34.6. The quantitative estimate of drug-likeness (QED) is 0.214. The van der Waals surface area contributed by atoms with Crippen LogP contribution in [0.2, 0.25) is 0 Å². The molecule has 4 aliphatic carbocycles. The number of hydrogen-bond acceptors (Lipinski definition) is 8. The van der Waals surface area contributed by atoms with Crippen molar-refractivity contribution in [3.8, 4) is 0 Å². The van der Waals surface area contributed by atoms with Gasteiger partial charge in [-0.3, -0.25) is 9.32 Å². The normalized spacial score (nSPS) is 45.0. The van der Waals surface area contributed by atoms with E-state index in [-0.39, 0.29) is 28.6 Å². The fourth-order valence-corrected chi connectivity index (χ4v) is 10.4. The standard InChI is InChI=1S/C33H55O10P/c1-18(2)7-6-8-19(3)22-9-10-23-27-24(12-14-33(22,23)5)32(4)13-11-21(15-20(32)16-25(27)34)42-31-30(37)29(36)28(35)26(43-31)17-41-44(38,39)40/h16,18-19,21-24,26-31,35-37H,6-15,17H2,1-5H3,(H2,38,39,40)/t19-,21+,22-,23+,24+,26-,27+,28-,29-,30-,31+,32+,33-/m1/s1. The van der Waals surface area contributed by atoms with Crippen LogP contribution in [-0.4, -0.2) is 74.3 Å². The Bertz CT molecular complexity index is 1120. The first-order valence-corrected chi connectivity index (χ1v) is 18.4. The molecule has 4 fully saturated rings. The molecule has 3 saturated carbocycles. The van der Waals surface area contributed by atoms with E-state index < -0.39 is 45.1 Å². The van der Waals surface area contributed by atoms with Crippen LogP contribution in [0, 0.1) is 46.3 Å². The zero-order valence-corrected chi connectivity index (χ0v) is 27.9. The summed E-state index contributed by atoms with van der Waals surface area (Å²) in [7, 11) is -4.83. The third kappa shape index (κ3) is 6.67. The molecule has 0 aromatic heterocycles. The number of aliphatic hydroxyl groups excluding tert-OH is 3. The van der Waals surface area contributed by atoms with Crippen molar-refractivity contribution in [2.45, 2.75) is 136 Å². The summed E-state index contributed by atoms with van der Waals surface area (Å²) in [6, 6.07) is 0. The monoisotopic (exact) mass is 642 g/mol. The van der Waals surface area contributed by atoms with E-state index in [1.54, 1.807) is 0 Å². The van der Waals surface area contributed by atoms with Crippen molar-refractivity contribution in [1.29, 1.82) is 0 Å². The Balaban J connectivity index is 1.26. The highest BCUT2D eigenvalue weighted by atomic mass is 31.2. The molecule has 5 rings (SSSR count). The highest BCUT2D eigenvalue weighted by Crippen LogP contribution is 2.66. The van der Waals surface area contributed by atoms with Gasteiger partial charge in [0, 0.05) is 5.92 Å². The van der Waals surface area contributed by atoms with Crippen molar-refractivity contribution in [2.24, 2.45) is 46.3 Å². The van der Waals surface area contributed by atoms with Gasteiger partial charge in [-0.05, 0) is 91.4 Å². The van der Waals surface area contributed by atoms with E-state index in [9.17, 15) is 24.7 Å². The summed E-state index contributed by atoms with van der Waals surface area (Å²) in [5, 5.41) is 31.2. The zero-order chi connectivity index (χ0) is 32.2. The SMILES string of the molecule is CC(C)CCC[C@@H](C)[C@H]1CC[C@H]2[C@@H]3C(=O)C=C4C[C@@H](O[C@H]5O[C@H](COP(=O)(O)O)[C@@H](O)[C@@H](O)[C@H]5O)CC[C@]4(C)[C@H]3CC[C@]12C. The van der Waals surface area contributed by atoms with Crippen LogP contribution in [0.1, 0.15) is 98.8 Å². The minimum atomic E-state index is -4.83. The van der Waals surface area contributed by atoms with Gasteiger partial charge in [-0.25, -0.2) is 4.57 Å². The molecule has 1 heterocycles. The Kier molecular flexibility index (Phi) is 10.3. The molecule has 0 unspecified atom stereocenters. The van der Waals surface area contributed by atoms with Gasteiger partial charge in [0.2, 0.25) is 0 Å². The predicted molar refractivity (Wildman–Crippen MR) is 163 cm³/mol. The van der Waals surface area contributed by atoms with Crippen molar-refractivity contribution < 1.29 is 48.5 Å². The average Bonchev–Trinajstić information content (AvgIpc) is 3.30. The first-order valence-electron chi connectivity index (χ1n) is 16.8. The lowest BCUT2D eigenvalue weighted by Gasteiger charge is -2.58. The Hall–Kier alpha value is -0.680. The summed E-state index contributed by atoms with van der Waals surface area (Å²) < 4.78 is 27.4. The molecule has 5 aliphatic rings. The number of rotatable bonds is 10. The number of allylic oxidation sites excluding steroid dienone is 1. The third-order valence-corrected chi connectivity index (χ3v) is 13.0. The van der Waals surface area contributed by atoms with Gasteiger partial charge in [0.15, 0.2) is 12.1 Å². The molecule has 10 nitrogen and oxygen atoms in total. The maximum atomic E-state index is 13.9. The molecular weight excluding hydrogens is 587 g/mol. The van der Waals surface area contributed by atoms with Crippen molar-refractivity contribution in [2.75, 3.05) is 6.61 Å². The van der Waals surface area contributed by atoms with Gasteiger partial charge in [0.1, 0.15) is 24.4 Å². The number of fused-ring (bicyclic) bond motifs is 5. The van der Waals surface area contributed by atoms with E-state index in [0.29, 0.717) is 36.5 Å². The molecule has 0 amide bonds. The maximum absolute atomic E-state index is 13.9. The number of aliphatic hydroxyl groups is 3. The number of ether oxygens (including phenoxy) is 2. The zero-order valence-electron chi connectivity index (χ0n) is 27.0. The smallest absolute Gasteiger partial charge is 0.387 e. The highest BCUT2D eigenvalue weighted by molar-refractivity contribution is 7.46. The Labute approximate surface area is 262 Å². The molecular formula is C33H55O10P. The van der Waals surface area contributed by atoms with Gasteiger partial charge in [-0.2, -0.15) is 0 Å². The topological polar surface area (TPSA) is 163 Å². The minimum absolute atomic E-state index is 0.0581. The van der Waals surface area contributed by atoms with E-state index in [1.165, 1.54) is 25.7 Å². The Morgan fingerprint density at radius 1 is 0.977 bits per heavy atom. The van der Waals surface area contributed by atoms with Crippen LogP contribution < -0.4 is 0 Å². The average molecular weight is 643 g/mol. The molecule has 1 aliphatic heterocycles. The molecule has 0 aromatic carbocycles. The Morgan fingerprint density at radius 3 is 2.39 bits per heavy atom. The summed E-state index contributed by atoms with van der Waals surface area (Å²) in [6.45, 7) is 11.1. The van der Waals surface area contributed by atoms with Gasteiger partial charge in [-0.1, -0.05) is 59.5 Å². The molecule has 1 saturated heterocycles. The third-order valence-electron chi connectivity index (χ3n) is 12.5. The summed E-state index contributed by atoms with van der Waals surface area (Å²) in [6.07, 6.45) is 4.43. The number of ketones is 1. The molecule has 0 spiro atoms. The number of hydrogen-bond donors (Lipinski definition) is 5. The first-order chi connectivity index (χ1) is 20.5. The number of phosphoric acid groups is 1. The number of carbonyl (C=O) groups excluding carboxylic acids is 1. The molecule has 5 N–H and O–H groups in total. The maximum Gasteiger partial charge on any atom is 0.469 e. The van der Waals surface area contributed by atoms with Crippen LogP contribution in [-0.2, 0) is 23.4 Å². The van der Waals surface area contributed by atoms with Crippen molar-refractivity contribution >= 4 is 13.6 Å². The predicted octanol–water partition coefficient (Wildman–Crippen LogP) is 4.51. The lowest BCUT2D eigenvalue weighted by Crippen LogP contribution is -2.60. The van der Waals surface area contributed by atoms with E-state index in [2.05, 4.69) is 39.1 Å². The van der Waals surface area contributed by atoms with Gasteiger partial charge in [-0.15, -0.1) is 0 Å². The van der Waals surface area contributed by atoms with Crippen LogP contribution in [0.5, 0.6) is 0 Å². The van der Waals surface area contributed by atoms with Crippen molar-refractivity contribution in [3.63, 3.8) is 0 Å². The van der Waals surface area contributed by atoms with Crippen LogP contribution >= 0.6 is 7.82 Å². The second-order valence-corrected chi connectivity index (χ2v) is 16.8. The second kappa shape index (κ2) is 13.1. The van der Waals surface area contributed by atoms with Gasteiger partial charge >= 0.3 is 7.82 Å². The van der Waals surface area contributed by atoms with Crippen LogP contribution in [0.4, 0.5) is 0 Å². The van der Waals surface area contributed by atoms with Crippen LogP contribution in [0.15, 0.2) is 11.6 Å². The lowest BCUT2D eigenvalue weighted by atomic mass is 9.46. The van der Waals surface area contributed by atoms with Crippen molar-refractivity contribution in [1.82, 2.24) is 0 Å². The molecule has 0 aromatic rings. The Morgan fingerprint density at radius 2 is 1.70 bits per heavy atom. The fourth-order valence-electron chi connectivity index (χ4n) is 10.0. The van der Waals surface area contributed by atoms with E-state index >= 15 is 0 Å². The minimum Gasteiger partial charge on any atom is -0.387 e. The molecule has 0 radical (unpaired) electrons. The molecule has 252 valence electrons. The van der Waals surface area contributed by atoms with Gasteiger partial charge < -0.3 is 34.6 Å². The van der Waals surface area contributed by atoms with E-state index in [4.69, 9.17) is 19.3 Å². The molecule has 11 heteroatoms. The highest BCUT2D eigenvalue weighted by Gasteiger charge is 2.61. The summed E-state index contributed by atoms with van der Waals surface area (Å²) >= 11 is 0. The molecule has 0 bridgehead atoms. The van der Waals surface area contributed by atoms with Crippen LogP contribution in [0.25, 0.3) is 0 Å². The van der Waals surface area contributed by atoms with Gasteiger partial charge in [0.25, 0.3) is 0 Å². The summed E-state index contributed by atoms with van der Waals surface area (Å²) in [5.41, 5.74) is 1.17. The van der Waals surface area contributed by atoms with Gasteiger partial charge in [0.05, 0.1) is 12.7 Å². The van der Waals surface area contributed by atoms with E-state index in [1.807, 2.05) is 6.08 Å². The molecule has 13 atom stereocenters. The largest absolute Gasteiger partial charge is 0.469 e. The van der Waals surface area contributed by atoms with E-state index in [0.717, 1.165) is 37.2 Å². The van der Waals surface area contributed by atoms with Crippen molar-refractivity contribution in [3.05, 3.63) is 11.6 Å². The lowest BCUT2D eigenvalue weighted by molar-refractivity contribution is -0.312. The summed E-state index contributed by atoms with van der Waals surface area (Å²) in [5.74, 6) is 3.10.